The molecule has 0 amide bonds. The molecule has 6 nitrogen and oxygen atoms in total. The van der Waals surface area contributed by atoms with Crippen molar-refractivity contribution in [3.05, 3.63) is 41.5 Å². The van der Waals surface area contributed by atoms with Crippen molar-refractivity contribution in [3.63, 3.8) is 0 Å². The number of hydrogen-bond acceptors (Lipinski definition) is 5. The molecule has 2 N–H and O–H groups in total. The lowest BCUT2D eigenvalue weighted by Gasteiger charge is -2.10. The van der Waals surface area contributed by atoms with Crippen LogP contribution in [-0.2, 0) is 5.33 Å². The second-order valence-corrected chi connectivity index (χ2v) is 4.44. The zero-order valence-electron chi connectivity index (χ0n) is 10.5. The summed E-state index contributed by atoms with van der Waals surface area (Å²) in [4.78, 5) is 16.8. The quantitative estimate of drug-likeness (QED) is 0.832. The van der Waals surface area contributed by atoms with Gasteiger partial charge in [0.25, 0.3) is 0 Å². The van der Waals surface area contributed by atoms with Crippen molar-refractivity contribution in [3.8, 4) is 17.5 Å². The van der Waals surface area contributed by atoms with Crippen molar-refractivity contribution in [2.24, 2.45) is 0 Å². The number of carbonyl (C=O) groups is 1. The second kappa shape index (κ2) is 5.87. The molecule has 0 unspecified atom stereocenters. The summed E-state index contributed by atoms with van der Waals surface area (Å²) < 4.78 is 5.80. The average molecular weight is 342 g/mol. The third-order valence-electron chi connectivity index (χ3n) is 2.64. The van der Waals surface area contributed by atoms with Crippen molar-refractivity contribution in [1.82, 2.24) is 4.73 Å². The van der Waals surface area contributed by atoms with E-state index in [1.165, 1.54) is 25.3 Å². The summed E-state index contributed by atoms with van der Waals surface area (Å²) in [5.41, 5.74) is 1.12. The van der Waals surface area contributed by atoms with Gasteiger partial charge in [-0.3, -0.25) is 0 Å². The maximum absolute atomic E-state index is 12.0. The van der Waals surface area contributed by atoms with E-state index in [4.69, 9.17) is 9.57 Å². The number of nitrogens with zero attached hydrogens (tertiary/aromatic N) is 1. The van der Waals surface area contributed by atoms with Gasteiger partial charge in [0.15, 0.2) is 0 Å². The lowest BCUT2D eigenvalue weighted by atomic mass is 10.1. The van der Waals surface area contributed by atoms with E-state index < -0.39 is 5.97 Å². The maximum atomic E-state index is 12.0. The first kappa shape index (κ1) is 14.3. The van der Waals surface area contributed by atoms with Crippen LogP contribution < -0.4 is 9.57 Å². The van der Waals surface area contributed by atoms with Gasteiger partial charge < -0.3 is 19.8 Å². The molecule has 0 atom stereocenters. The molecule has 106 valence electrons. The minimum Gasteiger partial charge on any atom is -0.496 e. The Labute approximate surface area is 123 Å². The number of rotatable bonds is 4. The molecule has 0 saturated carbocycles. The van der Waals surface area contributed by atoms with Gasteiger partial charge in [0.1, 0.15) is 5.75 Å². The van der Waals surface area contributed by atoms with Crippen LogP contribution in [0.15, 0.2) is 30.3 Å². The topological polar surface area (TPSA) is 80.9 Å². The predicted molar refractivity (Wildman–Crippen MR) is 74.3 cm³/mol. The molecular formula is C13H12BrNO5. The standard InChI is InChI=1S/C13H12BrNO5/c1-19-10-6-8(2-3-9(10)7-14)13(18)20-15-11(16)4-5-12(15)17/h2-6,16-17H,7H2,1H3. The highest BCUT2D eigenvalue weighted by atomic mass is 79.9. The Kier molecular flexibility index (Phi) is 4.19. The van der Waals surface area contributed by atoms with E-state index in [1.807, 2.05) is 0 Å². The average Bonchev–Trinajstić information content (AvgIpc) is 2.78. The Bertz CT molecular complexity index is 618. The summed E-state index contributed by atoms with van der Waals surface area (Å²) in [6, 6.07) is 7.23. The first-order chi connectivity index (χ1) is 9.56. The van der Waals surface area contributed by atoms with E-state index in [1.54, 1.807) is 12.1 Å². The van der Waals surface area contributed by atoms with Crippen molar-refractivity contribution < 1.29 is 24.6 Å². The van der Waals surface area contributed by atoms with E-state index in [-0.39, 0.29) is 17.3 Å². The summed E-state index contributed by atoms with van der Waals surface area (Å²) in [7, 11) is 1.50. The zero-order chi connectivity index (χ0) is 14.7. The highest BCUT2D eigenvalue weighted by Crippen LogP contribution is 2.24. The number of methoxy groups -OCH3 is 1. The fraction of sp³-hybridized carbons (Fsp3) is 0.154. The molecule has 1 aromatic carbocycles. The normalized spacial score (nSPS) is 10.3. The fourth-order valence-corrected chi connectivity index (χ4v) is 2.08. The van der Waals surface area contributed by atoms with E-state index in [2.05, 4.69) is 15.9 Å². The molecule has 0 saturated heterocycles. The molecule has 2 rings (SSSR count). The first-order valence-corrected chi connectivity index (χ1v) is 6.74. The van der Waals surface area contributed by atoms with E-state index in [0.717, 1.165) is 5.56 Å². The Morgan fingerprint density at radius 2 is 1.90 bits per heavy atom. The molecule has 0 radical (unpaired) electrons. The van der Waals surface area contributed by atoms with Crippen molar-refractivity contribution in [2.45, 2.75) is 5.33 Å². The third kappa shape index (κ3) is 2.72. The van der Waals surface area contributed by atoms with Crippen LogP contribution in [0.2, 0.25) is 0 Å². The summed E-state index contributed by atoms with van der Waals surface area (Å²) in [5.74, 6) is -0.941. The molecule has 0 aliphatic heterocycles. The maximum Gasteiger partial charge on any atom is 0.364 e. The van der Waals surface area contributed by atoms with Crippen LogP contribution in [0.3, 0.4) is 0 Å². The molecule has 0 fully saturated rings. The van der Waals surface area contributed by atoms with Crippen molar-refractivity contribution >= 4 is 21.9 Å². The number of aromatic nitrogens is 1. The lowest BCUT2D eigenvalue weighted by Crippen LogP contribution is -2.19. The van der Waals surface area contributed by atoms with Gasteiger partial charge in [0.2, 0.25) is 11.8 Å². The van der Waals surface area contributed by atoms with Crippen LogP contribution in [0.5, 0.6) is 17.5 Å². The minimum atomic E-state index is -0.730. The highest BCUT2D eigenvalue weighted by Gasteiger charge is 2.15. The monoisotopic (exact) mass is 341 g/mol. The number of carbonyl (C=O) groups excluding carboxylic acids is 1. The summed E-state index contributed by atoms with van der Waals surface area (Å²) in [5, 5.41) is 19.4. The smallest absolute Gasteiger partial charge is 0.364 e. The van der Waals surface area contributed by atoms with Crippen LogP contribution in [0.1, 0.15) is 15.9 Å². The molecule has 0 bridgehead atoms. The molecule has 1 aromatic heterocycles. The Hall–Kier alpha value is -2.15. The van der Waals surface area contributed by atoms with Crippen LogP contribution >= 0.6 is 15.9 Å². The molecule has 0 aliphatic carbocycles. The summed E-state index contributed by atoms with van der Waals surface area (Å²) >= 11 is 3.31. The van der Waals surface area contributed by atoms with Gasteiger partial charge in [0.05, 0.1) is 12.7 Å². The number of benzene rings is 1. The van der Waals surface area contributed by atoms with Crippen LogP contribution in [0.4, 0.5) is 0 Å². The van der Waals surface area contributed by atoms with Gasteiger partial charge >= 0.3 is 5.97 Å². The van der Waals surface area contributed by atoms with Crippen LogP contribution in [0.25, 0.3) is 0 Å². The minimum absolute atomic E-state index is 0.235. The van der Waals surface area contributed by atoms with E-state index >= 15 is 0 Å². The molecule has 0 aliphatic rings. The largest absolute Gasteiger partial charge is 0.496 e. The van der Waals surface area contributed by atoms with Crippen LogP contribution in [-0.4, -0.2) is 28.0 Å². The number of aromatic hydroxyl groups is 2. The van der Waals surface area contributed by atoms with Crippen molar-refractivity contribution in [2.75, 3.05) is 7.11 Å². The first-order valence-electron chi connectivity index (χ1n) is 5.62. The molecule has 0 spiro atoms. The van der Waals surface area contributed by atoms with Gasteiger partial charge in [-0.15, -0.1) is 4.73 Å². The zero-order valence-corrected chi connectivity index (χ0v) is 12.1. The highest BCUT2D eigenvalue weighted by molar-refractivity contribution is 9.08. The summed E-state index contributed by atoms with van der Waals surface area (Å²) in [6.45, 7) is 0. The summed E-state index contributed by atoms with van der Waals surface area (Å²) in [6.07, 6.45) is 0. The van der Waals surface area contributed by atoms with Crippen LogP contribution in [0, 0.1) is 0 Å². The second-order valence-electron chi connectivity index (χ2n) is 3.88. The Balaban J connectivity index is 2.26. The Morgan fingerprint density at radius 1 is 1.25 bits per heavy atom. The van der Waals surface area contributed by atoms with Crippen molar-refractivity contribution in [1.29, 1.82) is 0 Å². The number of ether oxygens (including phenoxy) is 1. The van der Waals surface area contributed by atoms with Gasteiger partial charge in [-0.25, -0.2) is 4.79 Å². The number of alkyl halides is 1. The molecule has 20 heavy (non-hydrogen) atoms. The molecule has 2 aromatic rings. The SMILES string of the molecule is COc1cc(C(=O)On2c(O)ccc2O)ccc1CBr. The Morgan fingerprint density at radius 3 is 2.45 bits per heavy atom. The van der Waals surface area contributed by atoms with Gasteiger partial charge in [-0.1, -0.05) is 22.0 Å². The third-order valence-corrected chi connectivity index (χ3v) is 3.24. The van der Waals surface area contributed by atoms with Gasteiger partial charge in [0, 0.05) is 23.0 Å². The molecule has 7 heteroatoms. The predicted octanol–water partition coefficient (Wildman–Crippen LogP) is 2.07. The fourth-order valence-electron chi connectivity index (χ4n) is 1.61. The molecule has 1 heterocycles. The van der Waals surface area contributed by atoms with Gasteiger partial charge in [-0.2, -0.15) is 0 Å². The van der Waals surface area contributed by atoms with E-state index in [0.29, 0.717) is 15.8 Å². The molecular weight excluding hydrogens is 330 g/mol. The number of halogens is 1. The van der Waals surface area contributed by atoms with Gasteiger partial charge in [-0.05, 0) is 12.1 Å². The number of hydrogen-bond donors (Lipinski definition) is 2. The van der Waals surface area contributed by atoms with E-state index in [9.17, 15) is 15.0 Å². The lowest BCUT2D eigenvalue weighted by molar-refractivity contribution is 0.0381.